The van der Waals surface area contributed by atoms with E-state index < -0.39 is 6.09 Å². The Morgan fingerprint density at radius 1 is 1.24 bits per heavy atom. The van der Waals surface area contributed by atoms with Gasteiger partial charge in [0, 0.05) is 18.2 Å². The summed E-state index contributed by atoms with van der Waals surface area (Å²) in [6.45, 7) is -0.262. The van der Waals surface area contributed by atoms with E-state index in [1.165, 1.54) is 14.2 Å². The van der Waals surface area contributed by atoms with Gasteiger partial charge in [-0.05, 0) is 0 Å². The first-order valence-corrected chi connectivity index (χ1v) is 4.97. The van der Waals surface area contributed by atoms with Crippen molar-refractivity contribution in [2.45, 2.75) is 0 Å². The molecule has 0 aliphatic heterocycles. The van der Waals surface area contributed by atoms with Gasteiger partial charge in [0.1, 0.15) is 18.1 Å². The average Bonchev–Trinajstić information content (AvgIpc) is 2.35. The molecule has 0 radical (unpaired) electrons. The number of anilines is 1. The number of aliphatic hydroxyl groups excluding tert-OH is 1. The van der Waals surface area contributed by atoms with Crippen molar-refractivity contribution < 1.29 is 24.1 Å². The third-order valence-corrected chi connectivity index (χ3v) is 1.92. The van der Waals surface area contributed by atoms with Crippen molar-refractivity contribution in [1.82, 2.24) is 0 Å². The van der Waals surface area contributed by atoms with Gasteiger partial charge in [0.25, 0.3) is 0 Å². The van der Waals surface area contributed by atoms with E-state index in [9.17, 15) is 4.79 Å². The molecule has 1 amide bonds. The number of ether oxygens (including phenoxy) is 3. The standard InChI is InChI=1S/C11H15NO5/c1-15-9-5-8(6-10(7-9)16-2)12-11(14)17-4-3-13/h5-7,13H,3-4H2,1-2H3,(H,12,14). The Labute approximate surface area is 99.1 Å². The largest absolute Gasteiger partial charge is 0.497 e. The van der Waals surface area contributed by atoms with Crippen molar-refractivity contribution in [1.29, 1.82) is 0 Å². The number of amides is 1. The summed E-state index contributed by atoms with van der Waals surface area (Å²) < 4.78 is 14.8. The Bertz CT molecular complexity index is 358. The predicted molar refractivity (Wildman–Crippen MR) is 61.6 cm³/mol. The third-order valence-electron chi connectivity index (χ3n) is 1.92. The van der Waals surface area contributed by atoms with Crippen molar-refractivity contribution in [3.63, 3.8) is 0 Å². The van der Waals surface area contributed by atoms with Crippen LogP contribution < -0.4 is 14.8 Å². The number of carbonyl (C=O) groups is 1. The lowest BCUT2D eigenvalue weighted by Gasteiger charge is -2.09. The quantitative estimate of drug-likeness (QED) is 0.811. The molecule has 0 heterocycles. The second-order valence-electron chi connectivity index (χ2n) is 3.09. The number of nitrogens with one attached hydrogen (secondary N) is 1. The van der Waals surface area contributed by atoms with E-state index in [1.54, 1.807) is 18.2 Å². The zero-order valence-electron chi connectivity index (χ0n) is 9.73. The van der Waals surface area contributed by atoms with Crippen molar-refractivity contribution in [2.75, 3.05) is 32.8 Å². The van der Waals surface area contributed by atoms with Gasteiger partial charge >= 0.3 is 6.09 Å². The Hall–Kier alpha value is -1.95. The molecule has 0 bridgehead atoms. The van der Waals surface area contributed by atoms with Gasteiger partial charge in [0.05, 0.1) is 26.5 Å². The van der Waals surface area contributed by atoms with Crippen LogP contribution in [0.1, 0.15) is 0 Å². The zero-order chi connectivity index (χ0) is 12.7. The summed E-state index contributed by atoms with van der Waals surface area (Å²) in [4.78, 5) is 11.2. The maximum absolute atomic E-state index is 11.2. The van der Waals surface area contributed by atoms with Crippen LogP contribution in [0.4, 0.5) is 10.5 Å². The molecule has 0 aromatic heterocycles. The van der Waals surface area contributed by atoms with Crippen LogP contribution in [0.15, 0.2) is 18.2 Å². The van der Waals surface area contributed by atoms with E-state index in [1.807, 2.05) is 0 Å². The van der Waals surface area contributed by atoms with Gasteiger partial charge in [0.2, 0.25) is 0 Å². The number of rotatable bonds is 5. The fourth-order valence-electron chi connectivity index (χ4n) is 1.17. The minimum atomic E-state index is -0.644. The Balaban J connectivity index is 2.72. The van der Waals surface area contributed by atoms with Gasteiger partial charge in [-0.2, -0.15) is 0 Å². The smallest absolute Gasteiger partial charge is 0.411 e. The average molecular weight is 241 g/mol. The summed E-state index contributed by atoms with van der Waals surface area (Å²) in [6.07, 6.45) is -0.644. The van der Waals surface area contributed by atoms with Crippen LogP contribution >= 0.6 is 0 Å². The molecule has 0 unspecified atom stereocenters. The van der Waals surface area contributed by atoms with E-state index >= 15 is 0 Å². The van der Waals surface area contributed by atoms with Crippen LogP contribution in [0.25, 0.3) is 0 Å². The van der Waals surface area contributed by atoms with E-state index in [4.69, 9.17) is 14.6 Å². The highest BCUT2D eigenvalue weighted by atomic mass is 16.6. The third kappa shape index (κ3) is 4.20. The first kappa shape index (κ1) is 13.1. The normalized spacial score (nSPS) is 9.59. The highest BCUT2D eigenvalue weighted by Crippen LogP contribution is 2.25. The van der Waals surface area contributed by atoms with E-state index in [2.05, 4.69) is 10.1 Å². The molecule has 0 aliphatic carbocycles. The van der Waals surface area contributed by atoms with Gasteiger partial charge in [-0.15, -0.1) is 0 Å². The molecule has 17 heavy (non-hydrogen) atoms. The van der Waals surface area contributed by atoms with Gasteiger partial charge < -0.3 is 19.3 Å². The summed E-state index contributed by atoms with van der Waals surface area (Å²) in [5, 5.41) is 11.0. The van der Waals surface area contributed by atoms with Crippen molar-refractivity contribution >= 4 is 11.8 Å². The first-order valence-electron chi connectivity index (χ1n) is 4.97. The molecular formula is C11H15NO5. The summed E-state index contributed by atoms with van der Waals surface area (Å²) in [5.41, 5.74) is 0.490. The number of benzene rings is 1. The van der Waals surface area contributed by atoms with Gasteiger partial charge in [-0.3, -0.25) is 5.32 Å². The topological polar surface area (TPSA) is 77.0 Å². The molecule has 6 heteroatoms. The van der Waals surface area contributed by atoms with Crippen LogP contribution in [-0.2, 0) is 4.74 Å². The van der Waals surface area contributed by atoms with E-state index in [-0.39, 0.29) is 13.2 Å². The van der Waals surface area contributed by atoms with E-state index in [0.29, 0.717) is 17.2 Å². The zero-order valence-corrected chi connectivity index (χ0v) is 9.73. The molecule has 0 aliphatic rings. The van der Waals surface area contributed by atoms with Gasteiger partial charge in [-0.1, -0.05) is 0 Å². The van der Waals surface area contributed by atoms with Crippen molar-refractivity contribution in [3.05, 3.63) is 18.2 Å². The lowest BCUT2D eigenvalue weighted by atomic mass is 10.3. The number of hydrogen-bond donors (Lipinski definition) is 2. The molecule has 94 valence electrons. The molecule has 0 saturated heterocycles. The number of methoxy groups -OCH3 is 2. The second kappa shape index (κ2) is 6.59. The molecule has 0 spiro atoms. The molecule has 1 aromatic carbocycles. The lowest BCUT2D eigenvalue weighted by Crippen LogP contribution is -2.15. The van der Waals surface area contributed by atoms with Gasteiger partial charge in [0.15, 0.2) is 0 Å². The highest BCUT2D eigenvalue weighted by Gasteiger charge is 2.06. The lowest BCUT2D eigenvalue weighted by molar-refractivity contribution is 0.131. The van der Waals surface area contributed by atoms with Crippen LogP contribution in [0.2, 0.25) is 0 Å². The second-order valence-corrected chi connectivity index (χ2v) is 3.09. The molecule has 0 atom stereocenters. The first-order chi connectivity index (χ1) is 8.19. The summed E-state index contributed by atoms with van der Waals surface area (Å²) in [6, 6.07) is 4.94. The molecule has 1 aromatic rings. The monoisotopic (exact) mass is 241 g/mol. The minimum absolute atomic E-state index is 0.0487. The van der Waals surface area contributed by atoms with E-state index in [0.717, 1.165) is 0 Å². The van der Waals surface area contributed by atoms with Crippen LogP contribution in [-0.4, -0.2) is 38.6 Å². The summed E-state index contributed by atoms with van der Waals surface area (Å²) in [5.74, 6) is 1.11. The maximum atomic E-state index is 11.2. The van der Waals surface area contributed by atoms with Crippen LogP contribution in [0.5, 0.6) is 11.5 Å². The number of aliphatic hydroxyl groups is 1. The SMILES string of the molecule is COc1cc(NC(=O)OCCO)cc(OC)c1. The Morgan fingerprint density at radius 2 is 1.82 bits per heavy atom. The molecular weight excluding hydrogens is 226 g/mol. The Morgan fingerprint density at radius 3 is 2.29 bits per heavy atom. The molecule has 1 rings (SSSR count). The number of hydrogen-bond acceptors (Lipinski definition) is 5. The predicted octanol–water partition coefficient (Wildman–Crippen LogP) is 1.24. The highest BCUT2D eigenvalue weighted by molar-refractivity contribution is 5.85. The van der Waals surface area contributed by atoms with Crippen molar-refractivity contribution in [3.8, 4) is 11.5 Å². The number of carbonyl (C=O) groups excluding carboxylic acids is 1. The molecule has 6 nitrogen and oxygen atoms in total. The summed E-state index contributed by atoms with van der Waals surface area (Å²) in [7, 11) is 3.03. The van der Waals surface area contributed by atoms with Crippen molar-refractivity contribution in [2.24, 2.45) is 0 Å². The molecule has 0 saturated carbocycles. The Kier molecular flexibility index (Phi) is 5.09. The molecule has 2 N–H and O–H groups in total. The fraction of sp³-hybridized carbons (Fsp3) is 0.364. The molecule has 0 fully saturated rings. The maximum Gasteiger partial charge on any atom is 0.411 e. The van der Waals surface area contributed by atoms with Crippen LogP contribution in [0.3, 0.4) is 0 Å². The fourth-order valence-corrected chi connectivity index (χ4v) is 1.17. The summed E-state index contributed by atoms with van der Waals surface area (Å²) >= 11 is 0. The van der Waals surface area contributed by atoms with Gasteiger partial charge in [-0.25, -0.2) is 4.79 Å². The minimum Gasteiger partial charge on any atom is -0.497 e. The van der Waals surface area contributed by atoms with Crippen LogP contribution in [0, 0.1) is 0 Å².